The number of nitrogens with zero attached hydrogens (tertiary/aromatic N) is 2. The molecule has 0 saturated carbocycles. The minimum atomic E-state index is -1.01. The summed E-state index contributed by atoms with van der Waals surface area (Å²) in [5.74, 6) is -1.26. The molecule has 0 bridgehead atoms. The second-order valence-electron chi connectivity index (χ2n) is 5.20. The normalized spacial score (nSPS) is 18.0. The third kappa shape index (κ3) is 1.60. The van der Waals surface area contributed by atoms with Crippen molar-refractivity contribution in [1.82, 2.24) is 10.2 Å². The lowest BCUT2D eigenvalue weighted by Crippen LogP contribution is -2.32. The molecule has 6 heteroatoms. The summed E-state index contributed by atoms with van der Waals surface area (Å²) in [7, 11) is 0. The highest BCUT2D eigenvalue weighted by molar-refractivity contribution is 6.18. The highest BCUT2D eigenvalue weighted by Gasteiger charge is 2.37. The zero-order valence-corrected chi connectivity index (χ0v) is 11.4. The molecule has 0 saturated heterocycles. The number of rotatable bonds is 1. The molecule has 1 unspecified atom stereocenters. The van der Waals surface area contributed by atoms with E-state index in [0.29, 0.717) is 22.4 Å². The molecule has 4 rings (SSSR count). The van der Waals surface area contributed by atoms with Gasteiger partial charge in [-0.25, -0.2) is 0 Å². The van der Waals surface area contributed by atoms with Gasteiger partial charge in [-0.15, -0.1) is 5.10 Å². The van der Waals surface area contributed by atoms with Crippen molar-refractivity contribution >= 4 is 17.3 Å². The summed E-state index contributed by atoms with van der Waals surface area (Å²) >= 11 is 0. The molecular formula is C16H10N3O3. The van der Waals surface area contributed by atoms with Crippen LogP contribution in [-0.2, 0) is 4.79 Å². The van der Waals surface area contributed by atoms with Crippen LogP contribution in [0.3, 0.4) is 0 Å². The van der Waals surface area contributed by atoms with Crippen molar-refractivity contribution in [1.29, 1.82) is 0 Å². The summed E-state index contributed by atoms with van der Waals surface area (Å²) < 4.78 is 5.71. The number of hydrogen-bond donors (Lipinski definition) is 1. The van der Waals surface area contributed by atoms with Crippen LogP contribution in [-0.4, -0.2) is 21.9 Å². The number of carbonyl (C=O) groups is 2. The highest BCUT2D eigenvalue weighted by atomic mass is 16.5. The lowest BCUT2D eigenvalue weighted by molar-refractivity contribution is -0.119. The Morgan fingerprint density at radius 3 is 2.91 bits per heavy atom. The number of nitrogens with two attached hydrogens (primary N) is 1. The molecule has 6 nitrogen and oxygen atoms in total. The van der Waals surface area contributed by atoms with Gasteiger partial charge in [-0.05, 0) is 30.2 Å². The lowest BCUT2D eigenvalue weighted by atomic mass is 9.80. The van der Waals surface area contributed by atoms with Gasteiger partial charge >= 0.3 is 0 Å². The van der Waals surface area contributed by atoms with Crippen molar-refractivity contribution in [2.24, 2.45) is 11.7 Å². The summed E-state index contributed by atoms with van der Waals surface area (Å²) in [4.78, 5) is 24.0. The van der Waals surface area contributed by atoms with Gasteiger partial charge in [-0.3, -0.25) is 9.59 Å². The van der Waals surface area contributed by atoms with Crippen LogP contribution in [0.4, 0.5) is 0 Å². The molecule has 0 spiro atoms. The van der Waals surface area contributed by atoms with E-state index in [2.05, 4.69) is 17.1 Å². The van der Waals surface area contributed by atoms with Gasteiger partial charge in [-0.1, -0.05) is 12.1 Å². The fourth-order valence-corrected chi connectivity index (χ4v) is 2.80. The predicted octanol–water partition coefficient (Wildman–Crippen LogP) is 1.49. The monoisotopic (exact) mass is 292 g/mol. The van der Waals surface area contributed by atoms with Gasteiger partial charge in [0.2, 0.25) is 11.8 Å². The largest absolute Gasteiger partial charge is 0.436 e. The SMILES string of the molecule is [CH2]c1ccc2c(c1)C1=CC(C(N)=O)C(=O)c3cnnc(c31)O2. The molecule has 0 fully saturated rings. The first-order valence-corrected chi connectivity index (χ1v) is 6.62. The van der Waals surface area contributed by atoms with Gasteiger partial charge in [-0.2, -0.15) is 5.10 Å². The first-order valence-electron chi connectivity index (χ1n) is 6.62. The molecule has 107 valence electrons. The van der Waals surface area contributed by atoms with Gasteiger partial charge in [0.25, 0.3) is 0 Å². The zero-order chi connectivity index (χ0) is 15.4. The fourth-order valence-electron chi connectivity index (χ4n) is 2.80. The smallest absolute Gasteiger partial charge is 0.247 e. The number of amides is 1. The van der Waals surface area contributed by atoms with E-state index >= 15 is 0 Å². The molecule has 2 aliphatic rings. The molecule has 1 radical (unpaired) electrons. The Kier molecular flexibility index (Phi) is 2.45. The molecule has 1 amide bonds. The molecule has 1 aromatic carbocycles. The Bertz CT molecular complexity index is 886. The minimum Gasteiger partial charge on any atom is -0.436 e. The third-order valence-electron chi connectivity index (χ3n) is 3.82. The van der Waals surface area contributed by atoms with Gasteiger partial charge in [0.1, 0.15) is 11.7 Å². The van der Waals surface area contributed by atoms with Crippen LogP contribution >= 0.6 is 0 Å². The number of Topliss-reactive ketones (excluding diaryl/α,β-unsaturated/α-hetero) is 1. The van der Waals surface area contributed by atoms with E-state index in [0.717, 1.165) is 11.1 Å². The molecule has 2 N–H and O–H groups in total. The third-order valence-corrected chi connectivity index (χ3v) is 3.82. The van der Waals surface area contributed by atoms with E-state index in [9.17, 15) is 9.59 Å². The topological polar surface area (TPSA) is 95.2 Å². The van der Waals surface area contributed by atoms with E-state index in [4.69, 9.17) is 10.5 Å². The number of carbonyl (C=O) groups excluding carboxylic acids is 2. The van der Waals surface area contributed by atoms with Gasteiger partial charge in [0.15, 0.2) is 5.78 Å². The maximum atomic E-state index is 12.4. The Morgan fingerprint density at radius 1 is 1.32 bits per heavy atom. The second kappa shape index (κ2) is 4.24. The number of fused-ring (bicyclic) bond motifs is 2. The minimum absolute atomic E-state index is 0.254. The average Bonchev–Trinajstić information content (AvgIpc) is 2.50. The standard InChI is InChI=1S/C16H10N3O3/c1-7-2-3-12-8(4-7)9-5-10(15(17)21)14(20)11-6-18-19-16(22-12)13(9)11/h2-6,10H,1H2,(H2,17,21). The first-order chi connectivity index (χ1) is 10.6. The Balaban J connectivity index is 2.05. The van der Waals surface area contributed by atoms with E-state index < -0.39 is 11.8 Å². The van der Waals surface area contributed by atoms with Crippen LogP contribution < -0.4 is 10.5 Å². The zero-order valence-electron chi connectivity index (χ0n) is 11.4. The van der Waals surface area contributed by atoms with Crippen molar-refractivity contribution in [2.45, 2.75) is 0 Å². The van der Waals surface area contributed by atoms with Crippen LogP contribution in [0.5, 0.6) is 11.6 Å². The second-order valence-corrected chi connectivity index (χ2v) is 5.20. The lowest BCUT2D eigenvalue weighted by Gasteiger charge is -2.27. The van der Waals surface area contributed by atoms with Gasteiger partial charge < -0.3 is 10.5 Å². The predicted molar refractivity (Wildman–Crippen MR) is 77.1 cm³/mol. The van der Waals surface area contributed by atoms with E-state index in [1.54, 1.807) is 18.2 Å². The average molecular weight is 292 g/mol. The summed E-state index contributed by atoms with van der Waals surface area (Å²) in [6.45, 7) is 3.89. The number of ether oxygens (including phenoxy) is 1. The molecule has 2 aromatic rings. The molecular weight excluding hydrogens is 282 g/mol. The number of aromatic nitrogens is 2. The molecule has 1 aliphatic carbocycles. The highest BCUT2D eigenvalue weighted by Crippen LogP contribution is 2.46. The Morgan fingerprint density at radius 2 is 2.14 bits per heavy atom. The molecule has 2 heterocycles. The van der Waals surface area contributed by atoms with Crippen LogP contribution in [0.25, 0.3) is 5.57 Å². The molecule has 1 aromatic heterocycles. The van der Waals surface area contributed by atoms with Crippen molar-refractivity contribution < 1.29 is 14.3 Å². The van der Waals surface area contributed by atoms with Gasteiger partial charge in [0, 0.05) is 5.56 Å². The van der Waals surface area contributed by atoms with Crippen molar-refractivity contribution in [3.8, 4) is 11.6 Å². The summed E-state index contributed by atoms with van der Waals surface area (Å²) in [5, 5.41) is 7.73. The summed E-state index contributed by atoms with van der Waals surface area (Å²) in [6.07, 6.45) is 2.91. The molecule has 22 heavy (non-hydrogen) atoms. The maximum absolute atomic E-state index is 12.4. The van der Waals surface area contributed by atoms with Crippen LogP contribution in [0, 0.1) is 12.8 Å². The van der Waals surface area contributed by atoms with Crippen molar-refractivity contribution in [3.63, 3.8) is 0 Å². The van der Waals surface area contributed by atoms with Crippen molar-refractivity contribution in [2.75, 3.05) is 0 Å². The Hall–Kier alpha value is -3.02. The number of hydrogen-bond acceptors (Lipinski definition) is 5. The molecule has 1 aliphatic heterocycles. The number of benzene rings is 1. The van der Waals surface area contributed by atoms with E-state index in [1.807, 2.05) is 6.07 Å². The summed E-state index contributed by atoms with van der Waals surface area (Å²) in [6, 6.07) is 5.41. The van der Waals surface area contributed by atoms with E-state index in [-0.39, 0.29) is 11.7 Å². The summed E-state index contributed by atoms with van der Waals surface area (Å²) in [5.41, 5.74) is 8.46. The van der Waals surface area contributed by atoms with Crippen molar-refractivity contribution in [3.05, 3.63) is 59.6 Å². The van der Waals surface area contributed by atoms with E-state index in [1.165, 1.54) is 6.20 Å². The first kappa shape index (κ1) is 12.7. The molecule has 1 atom stereocenters. The van der Waals surface area contributed by atoms with Crippen LogP contribution in [0.1, 0.15) is 27.0 Å². The number of primary amides is 1. The van der Waals surface area contributed by atoms with Crippen LogP contribution in [0.2, 0.25) is 0 Å². The maximum Gasteiger partial charge on any atom is 0.247 e. The van der Waals surface area contributed by atoms with Gasteiger partial charge in [0.05, 0.1) is 17.3 Å². The van der Waals surface area contributed by atoms with Crippen LogP contribution in [0.15, 0.2) is 30.5 Å². The Labute approximate surface area is 125 Å². The quantitative estimate of drug-likeness (QED) is 0.686. The fraction of sp³-hybridized carbons (Fsp3) is 0.0625. The number of ketones is 1.